The van der Waals surface area contributed by atoms with Gasteiger partial charge in [-0.3, -0.25) is 9.78 Å². The molecule has 1 saturated heterocycles. The van der Waals surface area contributed by atoms with E-state index in [0.29, 0.717) is 34.8 Å². The maximum absolute atomic E-state index is 13.7. The van der Waals surface area contributed by atoms with E-state index in [1.165, 1.54) is 4.90 Å². The molecule has 214 valence electrons. The van der Waals surface area contributed by atoms with Crippen molar-refractivity contribution in [1.29, 1.82) is 0 Å². The van der Waals surface area contributed by atoms with Crippen molar-refractivity contribution < 1.29 is 28.5 Å². The largest absolute Gasteiger partial charge is 0.497 e. The van der Waals surface area contributed by atoms with E-state index < -0.39 is 23.5 Å². The highest BCUT2D eigenvalue weighted by Gasteiger charge is 2.43. The van der Waals surface area contributed by atoms with Crippen LogP contribution >= 0.6 is 0 Å². The first-order valence-corrected chi connectivity index (χ1v) is 13.4. The first-order chi connectivity index (χ1) is 19.7. The van der Waals surface area contributed by atoms with Gasteiger partial charge in [0.1, 0.15) is 40.8 Å². The summed E-state index contributed by atoms with van der Waals surface area (Å²) < 4.78 is 22.3. The van der Waals surface area contributed by atoms with Gasteiger partial charge < -0.3 is 23.9 Å². The molecule has 2 aromatic carbocycles. The predicted octanol–water partition coefficient (Wildman–Crippen LogP) is 5.47. The van der Waals surface area contributed by atoms with Crippen LogP contribution in [0.5, 0.6) is 17.2 Å². The summed E-state index contributed by atoms with van der Waals surface area (Å²) in [7, 11) is 3.21. The third kappa shape index (κ3) is 5.96. The zero-order valence-corrected chi connectivity index (χ0v) is 23.8. The van der Waals surface area contributed by atoms with Gasteiger partial charge >= 0.3 is 6.09 Å². The molecule has 0 bridgehead atoms. The lowest BCUT2D eigenvalue weighted by Gasteiger charge is -2.26. The average molecular weight is 559 g/mol. The molecule has 1 aliphatic heterocycles. The summed E-state index contributed by atoms with van der Waals surface area (Å²) >= 11 is 0. The number of amides is 2. The summed E-state index contributed by atoms with van der Waals surface area (Å²) in [6, 6.07) is 14.9. The average Bonchev–Trinajstić information content (AvgIpc) is 3.56. The van der Waals surface area contributed by atoms with Crippen LogP contribution in [0.25, 0.3) is 11.0 Å². The fourth-order valence-corrected chi connectivity index (χ4v) is 5.15. The highest BCUT2D eigenvalue weighted by molar-refractivity contribution is 5.96. The number of aromatic nitrogens is 3. The number of ether oxygens (including phenoxy) is 4. The lowest BCUT2D eigenvalue weighted by molar-refractivity contribution is -0.130. The molecule has 1 N–H and O–H groups in total. The number of likely N-dealkylation sites (tertiary alicyclic amines) is 1. The van der Waals surface area contributed by atoms with Gasteiger partial charge in [-0.25, -0.2) is 14.7 Å². The van der Waals surface area contributed by atoms with Gasteiger partial charge in [0.2, 0.25) is 5.91 Å². The molecule has 10 heteroatoms. The molecule has 0 saturated carbocycles. The van der Waals surface area contributed by atoms with Gasteiger partial charge in [0, 0.05) is 24.9 Å². The van der Waals surface area contributed by atoms with Crippen LogP contribution in [0.15, 0.2) is 60.9 Å². The molecule has 10 nitrogen and oxygen atoms in total. The number of H-pyrrole nitrogens is 1. The van der Waals surface area contributed by atoms with Crippen molar-refractivity contribution in [1.82, 2.24) is 19.9 Å². The van der Waals surface area contributed by atoms with Crippen LogP contribution in [0, 0.1) is 5.92 Å². The standard InChI is InChI=1S/C31H34N4O6/c1-31(2,3)41-30(37)35-16-14-23(29(35)36)26(19-7-6-15-32-17-19)22-12-13-24(39-5)28-27(22)33-25(34-28)18-40-21-10-8-20(38-4)9-11-21/h6-13,15,17,23,26H,14,16,18H2,1-5H3,(H,33,34). The third-order valence-electron chi connectivity index (χ3n) is 6.98. The monoisotopic (exact) mass is 558 g/mol. The number of imidazole rings is 1. The van der Waals surface area contributed by atoms with Gasteiger partial charge in [0.15, 0.2) is 0 Å². The van der Waals surface area contributed by atoms with Crippen LogP contribution in [0.4, 0.5) is 4.79 Å². The maximum atomic E-state index is 13.7. The second-order valence-electron chi connectivity index (χ2n) is 10.9. The number of hydrogen-bond donors (Lipinski definition) is 1. The lowest BCUT2D eigenvalue weighted by atomic mass is 9.80. The Morgan fingerprint density at radius 1 is 1.07 bits per heavy atom. The predicted molar refractivity (Wildman–Crippen MR) is 152 cm³/mol. The first-order valence-electron chi connectivity index (χ1n) is 13.4. The van der Waals surface area contributed by atoms with Gasteiger partial charge in [-0.05, 0) is 74.7 Å². The van der Waals surface area contributed by atoms with E-state index in [-0.39, 0.29) is 19.1 Å². The minimum absolute atomic E-state index is 0.190. The minimum Gasteiger partial charge on any atom is -0.497 e. The Balaban J connectivity index is 1.51. The Labute approximate surface area is 238 Å². The maximum Gasteiger partial charge on any atom is 0.417 e. The van der Waals surface area contributed by atoms with Gasteiger partial charge in [-0.2, -0.15) is 0 Å². The van der Waals surface area contributed by atoms with Crippen molar-refractivity contribution in [3.63, 3.8) is 0 Å². The molecular formula is C31H34N4O6. The van der Waals surface area contributed by atoms with Crippen LogP contribution in [-0.2, 0) is 16.1 Å². The summed E-state index contributed by atoms with van der Waals surface area (Å²) in [6.07, 6.45) is 3.29. The summed E-state index contributed by atoms with van der Waals surface area (Å²) in [6.45, 7) is 5.81. The van der Waals surface area contributed by atoms with Crippen LogP contribution in [0.3, 0.4) is 0 Å². The van der Waals surface area contributed by atoms with Gasteiger partial charge in [-0.1, -0.05) is 12.1 Å². The Morgan fingerprint density at radius 3 is 2.49 bits per heavy atom. The fourth-order valence-electron chi connectivity index (χ4n) is 5.15. The van der Waals surface area contributed by atoms with E-state index in [1.54, 1.807) is 47.4 Å². The number of rotatable bonds is 8. The van der Waals surface area contributed by atoms with E-state index in [9.17, 15) is 9.59 Å². The van der Waals surface area contributed by atoms with Crippen molar-refractivity contribution in [2.24, 2.45) is 5.92 Å². The van der Waals surface area contributed by atoms with Gasteiger partial charge in [-0.15, -0.1) is 0 Å². The first kappa shape index (κ1) is 27.9. The highest BCUT2D eigenvalue weighted by atomic mass is 16.6. The van der Waals surface area contributed by atoms with Crippen LogP contribution in [0.2, 0.25) is 0 Å². The molecule has 1 fully saturated rings. The number of nitrogens with zero attached hydrogens (tertiary/aromatic N) is 3. The topological polar surface area (TPSA) is 116 Å². The van der Waals surface area contributed by atoms with E-state index in [1.807, 2.05) is 48.5 Å². The fraction of sp³-hybridized carbons (Fsp3) is 0.355. The number of pyridine rings is 1. The number of benzene rings is 2. The molecule has 2 amide bonds. The van der Waals surface area contributed by atoms with Gasteiger partial charge in [0.25, 0.3) is 0 Å². The molecule has 1 aliphatic rings. The van der Waals surface area contributed by atoms with Crippen molar-refractivity contribution in [2.75, 3.05) is 20.8 Å². The zero-order valence-electron chi connectivity index (χ0n) is 23.8. The second-order valence-corrected chi connectivity index (χ2v) is 10.9. The summed E-state index contributed by atoms with van der Waals surface area (Å²) in [5, 5.41) is 0. The molecule has 3 heterocycles. The molecule has 0 aliphatic carbocycles. The molecule has 0 spiro atoms. The van der Waals surface area contributed by atoms with E-state index in [4.69, 9.17) is 23.9 Å². The number of hydrogen-bond acceptors (Lipinski definition) is 8. The number of methoxy groups -OCH3 is 2. The van der Waals surface area contributed by atoms with Crippen molar-refractivity contribution in [3.05, 3.63) is 77.9 Å². The smallest absolute Gasteiger partial charge is 0.417 e. The Kier molecular flexibility index (Phi) is 7.83. The quantitative estimate of drug-likeness (QED) is 0.303. The van der Waals surface area contributed by atoms with Crippen LogP contribution < -0.4 is 14.2 Å². The van der Waals surface area contributed by atoms with Gasteiger partial charge in [0.05, 0.1) is 25.7 Å². The Bertz CT molecular complexity index is 1530. The third-order valence-corrected chi connectivity index (χ3v) is 6.98. The van der Waals surface area contributed by atoms with Crippen LogP contribution in [-0.4, -0.2) is 58.2 Å². The SMILES string of the molecule is COc1ccc(OCc2nc3c(C(c4cccnc4)C4CCN(C(=O)OC(C)(C)C)C4=O)ccc(OC)c3[nH]2)cc1. The number of aromatic amines is 1. The molecule has 5 rings (SSSR count). The molecular weight excluding hydrogens is 524 g/mol. The van der Waals surface area contributed by atoms with Crippen LogP contribution in [0.1, 0.15) is 50.1 Å². The molecule has 2 atom stereocenters. The molecule has 41 heavy (non-hydrogen) atoms. The lowest BCUT2D eigenvalue weighted by Crippen LogP contribution is -2.39. The molecule has 4 aromatic rings. The van der Waals surface area contributed by atoms with Crippen molar-refractivity contribution >= 4 is 23.0 Å². The number of carbonyl (C=O) groups is 2. The number of imide groups is 1. The second kappa shape index (κ2) is 11.5. The summed E-state index contributed by atoms with van der Waals surface area (Å²) in [5.74, 6) is 1.42. The minimum atomic E-state index is -0.709. The van der Waals surface area contributed by atoms with E-state index in [2.05, 4.69) is 9.97 Å². The zero-order chi connectivity index (χ0) is 29.1. The molecule has 2 aromatic heterocycles. The van der Waals surface area contributed by atoms with Crippen molar-refractivity contribution in [2.45, 2.75) is 45.3 Å². The van der Waals surface area contributed by atoms with E-state index >= 15 is 0 Å². The normalized spacial score (nSPS) is 16.1. The summed E-state index contributed by atoms with van der Waals surface area (Å²) in [4.78, 5) is 40.3. The molecule has 0 radical (unpaired) electrons. The van der Waals surface area contributed by atoms with E-state index in [0.717, 1.165) is 16.9 Å². The highest BCUT2D eigenvalue weighted by Crippen LogP contribution is 2.42. The Morgan fingerprint density at radius 2 is 1.83 bits per heavy atom. The number of carbonyl (C=O) groups excluding carboxylic acids is 2. The Hall–Kier alpha value is -4.60. The van der Waals surface area contributed by atoms with Crippen molar-refractivity contribution in [3.8, 4) is 17.2 Å². The summed E-state index contributed by atoms with van der Waals surface area (Å²) in [5.41, 5.74) is 2.32. The molecule has 2 unspecified atom stereocenters. The number of nitrogens with one attached hydrogen (secondary N) is 1. The number of fused-ring (bicyclic) bond motifs is 1.